The van der Waals surface area contributed by atoms with Gasteiger partial charge in [-0.2, -0.15) is 0 Å². The van der Waals surface area contributed by atoms with Gasteiger partial charge >= 0.3 is 6.09 Å². The molecule has 0 saturated heterocycles. The van der Waals surface area contributed by atoms with E-state index < -0.39 is 6.09 Å². The van der Waals surface area contributed by atoms with E-state index in [1.54, 1.807) is 0 Å². The number of rotatable bonds is 2. The van der Waals surface area contributed by atoms with Gasteiger partial charge in [0.2, 0.25) is 0 Å². The maximum absolute atomic E-state index is 11.8. The first kappa shape index (κ1) is 13.9. The van der Waals surface area contributed by atoms with Gasteiger partial charge in [-0.05, 0) is 58.3 Å². The molecule has 3 rings (SSSR count). The molecule has 0 bridgehead atoms. The molecule has 3 aromatic carbocycles. The van der Waals surface area contributed by atoms with Gasteiger partial charge in [0, 0.05) is 8.96 Å². The van der Waals surface area contributed by atoms with Gasteiger partial charge in [-0.25, -0.2) is 9.69 Å². The van der Waals surface area contributed by atoms with E-state index in [2.05, 4.69) is 22.6 Å². The molecule has 0 fully saturated rings. The Hall–Kier alpha value is -2.08. The Morgan fingerprint density at radius 1 is 0.905 bits per heavy atom. The van der Waals surface area contributed by atoms with E-state index in [-0.39, 0.29) is 0 Å². The van der Waals surface area contributed by atoms with Crippen LogP contribution in [-0.2, 0) is 0 Å². The number of carbonyl (C=O) groups is 1. The number of hydrogen-bond donors (Lipinski definition) is 1. The van der Waals surface area contributed by atoms with Gasteiger partial charge in [0.05, 0.1) is 11.4 Å². The number of fused-ring (bicyclic) bond motifs is 1. The standard InChI is InChI=1S/C17H12INO2/c18-13-8-10-14(11-9-13)19(17(20)21)16-7-3-5-12-4-1-2-6-15(12)16/h1-11H,(H,20,21). The third-order valence-corrected chi connectivity index (χ3v) is 4.00. The van der Waals surface area contributed by atoms with Gasteiger partial charge in [0.25, 0.3) is 0 Å². The molecule has 0 radical (unpaired) electrons. The fourth-order valence-corrected chi connectivity index (χ4v) is 2.71. The summed E-state index contributed by atoms with van der Waals surface area (Å²) in [4.78, 5) is 13.1. The maximum Gasteiger partial charge on any atom is 0.416 e. The summed E-state index contributed by atoms with van der Waals surface area (Å²) in [6.07, 6.45) is -0.993. The van der Waals surface area contributed by atoms with Crippen molar-refractivity contribution >= 4 is 50.8 Å². The highest BCUT2D eigenvalue weighted by molar-refractivity contribution is 14.1. The fourth-order valence-electron chi connectivity index (χ4n) is 2.35. The first-order chi connectivity index (χ1) is 10.2. The van der Waals surface area contributed by atoms with Crippen LogP contribution in [0.1, 0.15) is 0 Å². The normalized spacial score (nSPS) is 10.5. The number of hydrogen-bond acceptors (Lipinski definition) is 1. The number of anilines is 2. The molecule has 1 N–H and O–H groups in total. The van der Waals surface area contributed by atoms with Crippen molar-refractivity contribution in [1.82, 2.24) is 0 Å². The van der Waals surface area contributed by atoms with E-state index in [0.717, 1.165) is 14.3 Å². The first-order valence-electron chi connectivity index (χ1n) is 6.43. The van der Waals surface area contributed by atoms with Crippen LogP contribution in [0.3, 0.4) is 0 Å². The third kappa shape index (κ3) is 2.71. The summed E-state index contributed by atoms with van der Waals surface area (Å²) in [7, 11) is 0. The molecule has 21 heavy (non-hydrogen) atoms. The van der Waals surface area contributed by atoms with Crippen molar-refractivity contribution in [3.8, 4) is 0 Å². The molecule has 104 valence electrons. The number of carboxylic acid groups (broad SMARTS) is 1. The Labute approximate surface area is 136 Å². The van der Waals surface area contributed by atoms with Crippen LogP contribution in [0.2, 0.25) is 0 Å². The Morgan fingerprint density at radius 2 is 1.57 bits per heavy atom. The monoisotopic (exact) mass is 389 g/mol. The van der Waals surface area contributed by atoms with Crippen molar-refractivity contribution in [1.29, 1.82) is 0 Å². The second-order valence-electron chi connectivity index (χ2n) is 4.59. The largest absolute Gasteiger partial charge is 0.464 e. The molecule has 0 heterocycles. The molecule has 1 amide bonds. The summed E-state index contributed by atoms with van der Waals surface area (Å²) in [5.41, 5.74) is 1.31. The highest BCUT2D eigenvalue weighted by Crippen LogP contribution is 2.32. The number of halogens is 1. The van der Waals surface area contributed by atoms with Crippen molar-refractivity contribution < 1.29 is 9.90 Å². The summed E-state index contributed by atoms with van der Waals surface area (Å²) >= 11 is 2.20. The smallest absolute Gasteiger partial charge is 0.416 e. The SMILES string of the molecule is O=C(O)N(c1ccc(I)cc1)c1cccc2ccccc12. The lowest BCUT2D eigenvalue weighted by Crippen LogP contribution is -2.23. The Kier molecular flexibility index (Phi) is 3.79. The van der Waals surface area contributed by atoms with E-state index in [1.165, 1.54) is 4.90 Å². The average molecular weight is 389 g/mol. The van der Waals surface area contributed by atoms with Crippen molar-refractivity contribution in [3.63, 3.8) is 0 Å². The van der Waals surface area contributed by atoms with E-state index in [1.807, 2.05) is 66.7 Å². The molecule has 0 aliphatic heterocycles. The minimum atomic E-state index is -0.993. The van der Waals surface area contributed by atoms with Gasteiger partial charge in [0.15, 0.2) is 0 Å². The summed E-state index contributed by atoms with van der Waals surface area (Å²) in [5.74, 6) is 0. The van der Waals surface area contributed by atoms with Crippen LogP contribution in [0.15, 0.2) is 66.7 Å². The fraction of sp³-hybridized carbons (Fsp3) is 0. The van der Waals surface area contributed by atoms with E-state index in [0.29, 0.717) is 11.4 Å². The van der Waals surface area contributed by atoms with Gasteiger partial charge in [-0.3, -0.25) is 0 Å². The molecule has 4 heteroatoms. The van der Waals surface area contributed by atoms with E-state index in [4.69, 9.17) is 0 Å². The van der Waals surface area contributed by atoms with Crippen molar-refractivity contribution in [2.75, 3.05) is 4.90 Å². The average Bonchev–Trinajstić information content (AvgIpc) is 2.49. The molecule has 0 atom stereocenters. The van der Waals surface area contributed by atoms with Crippen LogP contribution in [0.25, 0.3) is 10.8 Å². The third-order valence-electron chi connectivity index (χ3n) is 3.28. The van der Waals surface area contributed by atoms with E-state index in [9.17, 15) is 9.90 Å². The second kappa shape index (κ2) is 5.73. The zero-order chi connectivity index (χ0) is 14.8. The van der Waals surface area contributed by atoms with Crippen LogP contribution < -0.4 is 4.90 Å². The Bertz CT molecular complexity index is 794. The molecular weight excluding hydrogens is 377 g/mol. The summed E-state index contributed by atoms with van der Waals surface area (Å²) < 4.78 is 1.07. The lowest BCUT2D eigenvalue weighted by Gasteiger charge is -2.21. The van der Waals surface area contributed by atoms with Crippen LogP contribution in [-0.4, -0.2) is 11.2 Å². The minimum absolute atomic E-state index is 0.638. The van der Waals surface area contributed by atoms with Gasteiger partial charge in [0.1, 0.15) is 0 Å². The molecule has 0 aromatic heterocycles. The molecule has 0 spiro atoms. The summed E-state index contributed by atoms with van der Waals surface area (Å²) in [6.45, 7) is 0. The summed E-state index contributed by atoms with van der Waals surface area (Å²) in [5, 5.41) is 11.6. The highest BCUT2D eigenvalue weighted by atomic mass is 127. The predicted molar refractivity (Wildman–Crippen MR) is 93.3 cm³/mol. The van der Waals surface area contributed by atoms with Gasteiger partial charge < -0.3 is 5.11 Å². The molecule has 0 aliphatic carbocycles. The van der Waals surface area contributed by atoms with Crippen LogP contribution >= 0.6 is 22.6 Å². The maximum atomic E-state index is 11.8. The van der Waals surface area contributed by atoms with Gasteiger partial charge in [-0.1, -0.05) is 36.4 Å². The Balaban J connectivity index is 2.21. The minimum Gasteiger partial charge on any atom is -0.464 e. The van der Waals surface area contributed by atoms with Crippen molar-refractivity contribution in [2.45, 2.75) is 0 Å². The van der Waals surface area contributed by atoms with Crippen molar-refractivity contribution in [3.05, 3.63) is 70.3 Å². The number of amides is 1. The molecule has 0 unspecified atom stereocenters. The van der Waals surface area contributed by atoms with Crippen LogP contribution in [0, 0.1) is 3.57 Å². The number of nitrogens with zero attached hydrogens (tertiary/aromatic N) is 1. The predicted octanol–water partition coefficient (Wildman–Crippen LogP) is 5.26. The first-order valence-corrected chi connectivity index (χ1v) is 7.51. The van der Waals surface area contributed by atoms with Gasteiger partial charge in [-0.15, -0.1) is 0 Å². The zero-order valence-electron chi connectivity index (χ0n) is 11.0. The highest BCUT2D eigenvalue weighted by Gasteiger charge is 2.18. The lowest BCUT2D eigenvalue weighted by atomic mass is 10.1. The van der Waals surface area contributed by atoms with E-state index >= 15 is 0 Å². The number of benzene rings is 3. The molecule has 0 aliphatic rings. The second-order valence-corrected chi connectivity index (χ2v) is 5.84. The molecule has 3 aromatic rings. The molecule has 0 saturated carbocycles. The molecular formula is C17H12INO2. The quantitative estimate of drug-likeness (QED) is 0.608. The van der Waals surface area contributed by atoms with Crippen LogP contribution in [0.4, 0.5) is 16.2 Å². The molecule has 3 nitrogen and oxygen atoms in total. The lowest BCUT2D eigenvalue weighted by molar-refractivity contribution is 0.205. The zero-order valence-corrected chi connectivity index (χ0v) is 13.2. The Morgan fingerprint density at radius 3 is 2.29 bits per heavy atom. The van der Waals surface area contributed by atoms with Crippen LogP contribution in [0.5, 0.6) is 0 Å². The summed E-state index contributed by atoms with van der Waals surface area (Å²) in [6, 6.07) is 20.9. The topological polar surface area (TPSA) is 40.5 Å². The van der Waals surface area contributed by atoms with Crippen molar-refractivity contribution in [2.24, 2.45) is 0 Å².